The van der Waals surface area contributed by atoms with Crippen LogP contribution in [0.25, 0.3) is 0 Å². The minimum atomic E-state index is -3.67. The summed E-state index contributed by atoms with van der Waals surface area (Å²) in [6.45, 7) is 5.33. The molecule has 3 nitrogen and oxygen atoms in total. The number of hydrogen-bond donors (Lipinski definition) is 1. The highest BCUT2D eigenvalue weighted by Crippen LogP contribution is 2.21. The van der Waals surface area contributed by atoms with Gasteiger partial charge in [0.25, 0.3) is 0 Å². The lowest BCUT2D eigenvalue weighted by Crippen LogP contribution is -2.39. The van der Waals surface area contributed by atoms with E-state index in [9.17, 15) is 8.76 Å². The van der Waals surface area contributed by atoms with Crippen LogP contribution in [-0.2, 0) is 13.8 Å². The summed E-state index contributed by atoms with van der Waals surface area (Å²) in [5, 5.41) is 0. The largest absolute Gasteiger partial charge is 0.307 e. The van der Waals surface area contributed by atoms with Crippen molar-refractivity contribution < 1.29 is 12.9 Å². The monoisotopic (exact) mass is 168 g/mol. The van der Waals surface area contributed by atoms with E-state index in [1.54, 1.807) is 20.8 Å². The fourth-order valence-electron chi connectivity index (χ4n) is 0.638. The van der Waals surface area contributed by atoms with Crippen molar-refractivity contribution in [1.82, 2.24) is 0 Å². The zero-order valence-electron chi connectivity index (χ0n) is 6.79. The van der Waals surface area contributed by atoms with Crippen molar-refractivity contribution in [2.75, 3.05) is 18.1 Å². The molecule has 0 rings (SSSR count). The third kappa shape index (κ3) is 2.36. The van der Waals surface area contributed by atoms with Crippen LogP contribution < -0.4 is 0 Å². The van der Waals surface area contributed by atoms with Crippen LogP contribution in [0.1, 0.15) is 20.8 Å². The highest BCUT2D eigenvalue weighted by Gasteiger charge is 2.28. The quantitative estimate of drug-likeness (QED) is 0.687. The van der Waals surface area contributed by atoms with Crippen LogP contribution in [-0.4, -0.2) is 26.9 Å². The second-order valence-corrected chi connectivity index (χ2v) is 5.83. The lowest BCUT2D eigenvalue weighted by molar-refractivity contribution is 0.283. The Balaban J connectivity index is 4.36. The molecule has 0 saturated carbocycles. The lowest BCUT2D eigenvalue weighted by atomic mass is 10.9. The zero-order valence-corrected chi connectivity index (χ0v) is 7.61. The Kier molecular flexibility index (Phi) is 3.00. The van der Waals surface area contributed by atoms with Gasteiger partial charge in [-0.2, -0.15) is 0 Å². The second-order valence-electron chi connectivity index (χ2n) is 2.13. The summed E-state index contributed by atoms with van der Waals surface area (Å²) in [6.07, 6.45) is 0. The van der Waals surface area contributed by atoms with Gasteiger partial charge >= 0.3 is 0 Å². The first-order valence-electron chi connectivity index (χ1n) is 3.50. The Morgan fingerprint density at radius 1 is 1.30 bits per heavy atom. The summed E-state index contributed by atoms with van der Waals surface area (Å²) in [7, 11) is -3.67. The molecule has 64 valence electrons. The molecule has 0 aliphatic heterocycles. The van der Waals surface area contributed by atoms with E-state index in [0.29, 0.717) is 6.61 Å². The maximum Gasteiger partial charge on any atom is 0.0844 e. The molecule has 0 unspecified atom stereocenters. The summed E-state index contributed by atoms with van der Waals surface area (Å²) in [6, 6.07) is 0. The minimum Gasteiger partial charge on any atom is -0.307 e. The Bertz CT molecular complexity index is 156. The van der Waals surface area contributed by atoms with E-state index in [1.165, 1.54) is 0 Å². The van der Waals surface area contributed by atoms with Gasteiger partial charge in [0, 0.05) is 11.5 Å². The number of hydrogen-bond acceptors (Lipinski definition) is 2. The van der Waals surface area contributed by atoms with E-state index >= 15 is 0 Å². The van der Waals surface area contributed by atoms with Crippen LogP contribution in [0.4, 0.5) is 0 Å². The van der Waals surface area contributed by atoms with Crippen molar-refractivity contribution in [2.45, 2.75) is 20.8 Å². The fourth-order valence-corrected chi connectivity index (χ4v) is 1.91. The van der Waals surface area contributed by atoms with Crippen molar-refractivity contribution >= 4 is 9.63 Å². The SMILES string of the molecule is CCOS(=O)(O)(CC)CC. The molecule has 0 radical (unpaired) electrons. The van der Waals surface area contributed by atoms with Gasteiger partial charge in [-0.05, 0) is 6.92 Å². The summed E-state index contributed by atoms with van der Waals surface area (Å²) < 4.78 is 25.7. The van der Waals surface area contributed by atoms with Crippen LogP contribution in [0, 0.1) is 0 Å². The van der Waals surface area contributed by atoms with E-state index < -0.39 is 9.63 Å². The third-order valence-electron chi connectivity index (χ3n) is 1.52. The van der Waals surface area contributed by atoms with Gasteiger partial charge in [-0.1, -0.05) is 13.8 Å². The molecule has 0 aliphatic rings. The maximum absolute atomic E-state index is 11.5. The summed E-state index contributed by atoms with van der Waals surface area (Å²) in [5.74, 6) is 0.364. The highest BCUT2D eigenvalue weighted by atomic mass is 32.3. The van der Waals surface area contributed by atoms with Gasteiger partial charge < -0.3 is 4.55 Å². The Morgan fingerprint density at radius 3 is 1.80 bits per heavy atom. The van der Waals surface area contributed by atoms with E-state index in [4.69, 9.17) is 4.18 Å². The van der Waals surface area contributed by atoms with Gasteiger partial charge in [0.1, 0.15) is 0 Å². The van der Waals surface area contributed by atoms with Crippen molar-refractivity contribution in [3.05, 3.63) is 0 Å². The topological polar surface area (TPSA) is 46.5 Å². The van der Waals surface area contributed by atoms with Gasteiger partial charge in [0.2, 0.25) is 0 Å². The Hall–Kier alpha value is 0.0700. The Morgan fingerprint density at radius 2 is 1.70 bits per heavy atom. The Labute approximate surface area is 62.2 Å². The molecule has 0 saturated heterocycles. The lowest BCUT2D eigenvalue weighted by Gasteiger charge is -2.33. The van der Waals surface area contributed by atoms with Crippen molar-refractivity contribution in [1.29, 1.82) is 0 Å². The molecule has 0 aromatic rings. The van der Waals surface area contributed by atoms with Crippen LogP contribution >= 0.6 is 0 Å². The molecule has 0 aromatic carbocycles. The zero-order chi connectivity index (χ0) is 8.28. The van der Waals surface area contributed by atoms with E-state index in [0.717, 1.165) is 0 Å². The van der Waals surface area contributed by atoms with Gasteiger partial charge in [-0.25, -0.2) is 4.21 Å². The summed E-state index contributed by atoms with van der Waals surface area (Å²) >= 11 is 0. The third-order valence-corrected chi connectivity index (χ3v) is 4.57. The van der Waals surface area contributed by atoms with Gasteiger partial charge in [-0.15, -0.1) is 0 Å². The molecular formula is C6H16O3S. The van der Waals surface area contributed by atoms with E-state index in [1.807, 2.05) is 0 Å². The summed E-state index contributed by atoms with van der Waals surface area (Å²) in [5.41, 5.74) is 0. The molecule has 0 bridgehead atoms. The molecule has 0 amide bonds. The fraction of sp³-hybridized carbons (Fsp3) is 1.00. The first-order valence-corrected chi connectivity index (χ1v) is 5.69. The van der Waals surface area contributed by atoms with Crippen molar-refractivity contribution in [3.8, 4) is 0 Å². The molecule has 0 atom stereocenters. The van der Waals surface area contributed by atoms with Crippen LogP contribution in [0.5, 0.6) is 0 Å². The van der Waals surface area contributed by atoms with Gasteiger partial charge in [-0.3, -0.25) is 4.18 Å². The molecule has 0 aromatic heterocycles. The van der Waals surface area contributed by atoms with E-state index in [-0.39, 0.29) is 11.5 Å². The van der Waals surface area contributed by atoms with Crippen molar-refractivity contribution in [2.24, 2.45) is 0 Å². The minimum absolute atomic E-state index is 0.182. The summed E-state index contributed by atoms with van der Waals surface area (Å²) in [4.78, 5) is 0. The predicted molar refractivity (Wildman–Crippen MR) is 43.5 cm³/mol. The normalized spacial score (nSPS) is 16.2. The van der Waals surface area contributed by atoms with Crippen molar-refractivity contribution in [3.63, 3.8) is 0 Å². The average Bonchev–Trinajstić information content (AvgIpc) is 1.90. The molecule has 0 fully saturated rings. The van der Waals surface area contributed by atoms with E-state index in [2.05, 4.69) is 0 Å². The first kappa shape index (κ1) is 10.1. The molecule has 0 heterocycles. The average molecular weight is 168 g/mol. The predicted octanol–water partition coefficient (Wildman–Crippen LogP) is 1.27. The molecule has 0 aliphatic carbocycles. The number of rotatable bonds is 4. The molecule has 0 spiro atoms. The second kappa shape index (κ2) is 2.98. The van der Waals surface area contributed by atoms with Crippen LogP contribution in [0.3, 0.4) is 0 Å². The highest BCUT2D eigenvalue weighted by molar-refractivity contribution is 8.10. The smallest absolute Gasteiger partial charge is 0.0844 e. The maximum atomic E-state index is 11.5. The standard InChI is InChI=1S/C6H16O3S/c1-4-9-10(7,8,5-2)6-3/h4-6H2,1-3H3,(H,7,8). The van der Waals surface area contributed by atoms with Crippen LogP contribution in [0.15, 0.2) is 0 Å². The molecule has 1 N–H and O–H groups in total. The molecule has 4 heteroatoms. The first-order chi connectivity index (χ1) is 4.46. The molecule has 10 heavy (non-hydrogen) atoms. The van der Waals surface area contributed by atoms with Crippen LogP contribution in [0.2, 0.25) is 0 Å². The van der Waals surface area contributed by atoms with Gasteiger partial charge in [0.15, 0.2) is 0 Å². The van der Waals surface area contributed by atoms with Gasteiger partial charge in [0.05, 0.1) is 16.2 Å². The molecular weight excluding hydrogens is 152 g/mol.